The maximum absolute atomic E-state index is 12.3. The smallest absolute Gasteiger partial charge is 0.340 e. The molecule has 0 saturated carbocycles. The lowest BCUT2D eigenvalue weighted by molar-refractivity contribution is -0.136. The first-order chi connectivity index (χ1) is 12.7. The molecule has 1 amide bonds. The minimum atomic E-state index is -0.514. The molecule has 1 N–H and O–H groups in total. The second kappa shape index (κ2) is 6.91. The summed E-state index contributed by atoms with van der Waals surface area (Å²) in [6.45, 7) is 9.91. The topological polar surface area (TPSA) is 60.3 Å². The Bertz CT molecular complexity index is 1020. The van der Waals surface area contributed by atoms with Gasteiger partial charge in [0.2, 0.25) is 0 Å². The molecule has 0 unspecified atom stereocenters. The summed E-state index contributed by atoms with van der Waals surface area (Å²) in [6.07, 6.45) is 1.76. The van der Waals surface area contributed by atoms with E-state index in [0.717, 1.165) is 22.6 Å². The Balaban J connectivity index is 2.13. The molecule has 0 bridgehead atoms. The summed E-state index contributed by atoms with van der Waals surface area (Å²) in [4.78, 5) is 24.5. The van der Waals surface area contributed by atoms with Gasteiger partial charge in [-0.25, -0.2) is 4.79 Å². The zero-order valence-corrected chi connectivity index (χ0v) is 16.6. The van der Waals surface area contributed by atoms with Crippen LogP contribution in [0.25, 0.3) is 11.8 Å². The largest absolute Gasteiger partial charge is 0.465 e. The molecule has 140 valence electrons. The fourth-order valence-electron chi connectivity index (χ4n) is 3.63. The number of carbonyl (C=O) groups is 2. The molecule has 0 spiro atoms. The van der Waals surface area contributed by atoms with Crippen molar-refractivity contribution in [3.05, 3.63) is 69.2 Å². The standard InChI is InChI=1S/C22H24N2O3/c1-12-7-8-19(13(2)9-12)24-14(3)10-17(16(24)5)11-18-20(22(26)27-6)15(4)23-21(18)25/h7-11H,1-6H3,(H,23,25). The van der Waals surface area contributed by atoms with Crippen molar-refractivity contribution < 1.29 is 14.3 Å². The van der Waals surface area contributed by atoms with Gasteiger partial charge in [-0.15, -0.1) is 0 Å². The number of aryl methyl sites for hydroxylation is 3. The molecule has 0 radical (unpaired) electrons. The maximum atomic E-state index is 12.3. The molecule has 0 aliphatic carbocycles. The number of nitrogens with one attached hydrogen (secondary N) is 1. The van der Waals surface area contributed by atoms with Crippen molar-refractivity contribution >= 4 is 18.0 Å². The molecule has 2 heterocycles. The van der Waals surface area contributed by atoms with E-state index in [1.165, 1.54) is 18.2 Å². The fraction of sp³-hybridized carbons (Fsp3) is 0.273. The molecule has 1 aliphatic rings. The Hall–Kier alpha value is -3.08. The second-order valence-corrected chi connectivity index (χ2v) is 6.96. The lowest BCUT2D eigenvalue weighted by Crippen LogP contribution is -2.15. The monoisotopic (exact) mass is 364 g/mol. The minimum absolute atomic E-state index is 0.288. The van der Waals surface area contributed by atoms with Crippen LogP contribution in [0, 0.1) is 27.7 Å². The van der Waals surface area contributed by atoms with Crippen LogP contribution in [-0.2, 0) is 14.3 Å². The maximum Gasteiger partial charge on any atom is 0.340 e. The molecule has 1 aliphatic heterocycles. The van der Waals surface area contributed by atoms with Crippen LogP contribution in [0.5, 0.6) is 0 Å². The fourth-order valence-corrected chi connectivity index (χ4v) is 3.63. The summed E-state index contributed by atoms with van der Waals surface area (Å²) in [5.74, 6) is -0.801. The van der Waals surface area contributed by atoms with Crippen LogP contribution < -0.4 is 5.32 Å². The molecule has 2 aromatic rings. The number of allylic oxidation sites excluding steroid dienone is 1. The molecular weight excluding hydrogens is 340 g/mol. The van der Waals surface area contributed by atoms with Gasteiger partial charge in [-0.2, -0.15) is 0 Å². The molecule has 1 aromatic carbocycles. The van der Waals surface area contributed by atoms with Crippen molar-refractivity contribution in [3.63, 3.8) is 0 Å². The van der Waals surface area contributed by atoms with E-state index in [2.05, 4.69) is 41.9 Å². The summed E-state index contributed by atoms with van der Waals surface area (Å²) in [5, 5.41) is 2.71. The molecule has 5 heteroatoms. The number of nitrogens with zero attached hydrogens (tertiary/aromatic N) is 1. The van der Waals surface area contributed by atoms with Crippen molar-refractivity contribution in [2.45, 2.75) is 34.6 Å². The van der Waals surface area contributed by atoms with Gasteiger partial charge in [0, 0.05) is 22.8 Å². The van der Waals surface area contributed by atoms with E-state index in [-0.39, 0.29) is 5.91 Å². The Morgan fingerprint density at radius 2 is 1.81 bits per heavy atom. The van der Waals surface area contributed by atoms with Crippen LogP contribution >= 0.6 is 0 Å². The van der Waals surface area contributed by atoms with Crippen LogP contribution in [-0.4, -0.2) is 23.6 Å². The number of rotatable bonds is 3. The molecular formula is C22H24N2O3. The summed E-state index contributed by atoms with van der Waals surface area (Å²) in [6, 6.07) is 8.37. The van der Waals surface area contributed by atoms with Crippen molar-refractivity contribution in [3.8, 4) is 5.69 Å². The highest BCUT2D eigenvalue weighted by molar-refractivity contribution is 6.16. The molecule has 0 fully saturated rings. The quantitative estimate of drug-likeness (QED) is 0.668. The van der Waals surface area contributed by atoms with E-state index >= 15 is 0 Å². The molecule has 3 rings (SSSR count). The van der Waals surface area contributed by atoms with Gasteiger partial charge in [0.1, 0.15) is 0 Å². The van der Waals surface area contributed by atoms with Crippen LogP contribution in [0.1, 0.15) is 35.0 Å². The van der Waals surface area contributed by atoms with E-state index in [1.54, 1.807) is 13.0 Å². The van der Waals surface area contributed by atoms with E-state index in [4.69, 9.17) is 4.74 Å². The number of esters is 1. The Labute approximate surface area is 159 Å². The van der Waals surface area contributed by atoms with Gasteiger partial charge in [-0.05, 0) is 64.0 Å². The highest BCUT2D eigenvalue weighted by Crippen LogP contribution is 2.29. The van der Waals surface area contributed by atoms with E-state index in [0.29, 0.717) is 16.8 Å². The number of aromatic nitrogens is 1. The van der Waals surface area contributed by atoms with Crippen molar-refractivity contribution in [2.75, 3.05) is 7.11 Å². The van der Waals surface area contributed by atoms with Gasteiger partial charge in [-0.1, -0.05) is 17.7 Å². The van der Waals surface area contributed by atoms with Gasteiger partial charge in [0.05, 0.1) is 18.3 Å². The second-order valence-electron chi connectivity index (χ2n) is 6.96. The first-order valence-electron chi connectivity index (χ1n) is 8.83. The zero-order chi connectivity index (χ0) is 19.9. The third kappa shape index (κ3) is 3.21. The van der Waals surface area contributed by atoms with E-state index in [9.17, 15) is 9.59 Å². The Kier molecular flexibility index (Phi) is 4.79. The zero-order valence-electron chi connectivity index (χ0n) is 16.6. The number of methoxy groups -OCH3 is 1. The van der Waals surface area contributed by atoms with Gasteiger partial charge in [0.25, 0.3) is 5.91 Å². The van der Waals surface area contributed by atoms with Crippen molar-refractivity contribution in [1.29, 1.82) is 0 Å². The molecule has 27 heavy (non-hydrogen) atoms. The number of carbonyl (C=O) groups excluding carboxylic acids is 2. The SMILES string of the molecule is COC(=O)C1=C(C)NC(=O)C1=Cc1cc(C)n(-c2ccc(C)cc2C)c1C. The number of hydrogen-bond acceptors (Lipinski definition) is 3. The minimum Gasteiger partial charge on any atom is -0.465 e. The average molecular weight is 364 g/mol. The summed E-state index contributed by atoms with van der Waals surface area (Å²) >= 11 is 0. The van der Waals surface area contributed by atoms with Gasteiger partial charge < -0.3 is 14.6 Å². The van der Waals surface area contributed by atoms with Crippen LogP contribution in [0.2, 0.25) is 0 Å². The predicted octanol–water partition coefficient (Wildman–Crippen LogP) is 3.67. The normalized spacial score (nSPS) is 15.5. The van der Waals surface area contributed by atoms with Crippen LogP contribution in [0.15, 0.2) is 41.1 Å². The van der Waals surface area contributed by atoms with Crippen LogP contribution in [0.3, 0.4) is 0 Å². The number of ether oxygens (including phenoxy) is 1. The highest BCUT2D eigenvalue weighted by Gasteiger charge is 2.31. The summed E-state index contributed by atoms with van der Waals surface area (Å²) < 4.78 is 7.01. The first-order valence-corrected chi connectivity index (χ1v) is 8.83. The molecule has 0 atom stereocenters. The van der Waals surface area contributed by atoms with Crippen molar-refractivity contribution in [2.24, 2.45) is 0 Å². The third-order valence-electron chi connectivity index (χ3n) is 4.94. The molecule has 1 aromatic heterocycles. The number of amides is 1. The third-order valence-corrected chi connectivity index (χ3v) is 4.94. The van der Waals surface area contributed by atoms with E-state index in [1.807, 2.05) is 19.9 Å². The Morgan fingerprint density at radius 3 is 2.44 bits per heavy atom. The van der Waals surface area contributed by atoms with Gasteiger partial charge in [0.15, 0.2) is 0 Å². The van der Waals surface area contributed by atoms with Gasteiger partial charge >= 0.3 is 5.97 Å². The summed E-state index contributed by atoms with van der Waals surface area (Å²) in [7, 11) is 1.31. The van der Waals surface area contributed by atoms with E-state index < -0.39 is 5.97 Å². The first kappa shape index (κ1) is 18.7. The lowest BCUT2D eigenvalue weighted by atomic mass is 10.0. The van der Waals surface area contributed by atoms with Gasteiger partial charge in [-0.3, -0.25) is 4.79 Å². The molecule has 5 nitrogen and oxygen atoms in total. The van der Waals surface area contributed by atoms with Crippen LogP contribution in [0.4, 0.5) is 0 Å². The number of hydrogen-bond donors (Lipinski definition) is 1. The average Bonchev–Trinajstić information content (AvgIpc) is 3.03. The molecule has 0 saturated heterocycles. The number of benzene rings is 1. The lowest BCUT2D eigenvalue weighted by Gasteiger charge is -2.13. The van der Waals surface area contributed by atoms with Crippen molar-refractivity contribution in [1.82, 2.24) is 9.88 Å². The predicted molar refractivity (Wildman–Crippen MR) is 106 cm³/mol. The highest BCUT2D eigenvalue weighted by atomic mass is 16.5. The summed E-state index contributed by atoms with van der Waals surface area (Å²) in [5.41, 5.74) is 7.61. The Morgan fingerprint density at radius 1 is 1.11 bits per heavy atom.